The lowest BCUT2D eigenvalue weighted by Crippen LogP contribution is -2.37. The van der Waals surface area contributed by atoms with Crippen molar-refractivity contribution in [2.45, 2.75) is 13.3 Å². The summed E-state index contributed by atoms with van der Waals surface area (Å²) in [6.07, 6.45) is 2.15. The van der Waals surface area contributed by atoms with Crippen molar-refractivity contribution in [2.24, 2.45) is 5.92 Å². The molecule has 0 radical (unpaired) electrons. The van der Waals surface area contributed by atoms with E-state index in [9.17, 15) is 4.79 Å². The van der Waals surface area contributed by atoms with Crippen LogP contribution in [0.5, 0.6) is 0 Å². The summed E-state index contributed by atoms with van der Waals surface area (Å²) in [5, 5.41) is 20.0. The Morgan fingerprint density at radius 2 is 2.21 bits per heavy atom. The van der Waals surface area contributed by atoms with Gasteiger partial charge in [-0.1, -0.05) is 6.92 Å². The molecule has 1 aliphatic rings. The zero-order valence-corrected chi connectivity index (χ0v) is 8.03. The number of allylic oxidation sites excluding steroid dienone is 1. The molecule has 5 nitrogen and oxygen atoms in total. The lowest BCUT2D eigenvalue weighted by Gasteiger charge is -2.24. The molecule has 1 unspecified atom stereocenters. The molecule has 0 aromatic carbocycles. The molecular formula is C9H10N4O. The minimum absolute atomic E-state index is 0.125. The summed E-state index contributed by atoms with van der Waals surface area (Å²) < 4.78 is 0. The number of rotatable bonds is 1. The monoisotopic (exact) mass is 190 g/mol. The molecule has 0 spiro atoms. The van der Waals surface area contributed by atoms with Gasteiger partial charge in [-0.05, 0) is 0 Å². The Balaban J connectivity index is 3.14. The van der Waals surface area contributed by atoms with Crippen molar-refractivity contribution in [1.29, 1.82) is 10.5 Å². The van der Waals surface area contributed by atoms with Gasteiger partial charge in [0.2, 0.25) is 5.91 Å². The van der Waals surface area contributed by atoms with Crippen LogP contribution in [0.15, 0.2) is 11.4 Å². The molecule has 0 saturated heterocycles. The number of carbonyl (C=O) groups excluding carboxylic acids is 1. The summed E-state index contributed by atoms with van der Waals surface area (Å²) in [5.41, 5.74) is 0.452. The fourth-order valence-corrected chi connectivity index (χ4v) is 1.34. The number of hydrogen-bond acceptors (Lipinski definition) is 4. The van der Waals surface area contributed by atoms with Crippen LogP contribution in [0, 0.1) is 28.7 Å². The Kier molecular flexibility index (Phi) is 2.73. The predicted octanol–water partition coefficient (Wildman–Crippen LogP) is 0.290. The Morgan fingerprint density at radius 1 is 1.57 bits per heavy atom. The van der Waals surface area contributed by atoms with Crippen LogP contribution in [0.25, 0.3) is 0 Å². The Bertz CT molecular complexity index is 371. The van der Waals surface area contributed by atoms with Crippen LogP contribution in [0.2, 0.25) is 0 Å². The van der Waals surface area contributed by atoms with Crippen LogP contribution in [-0.2, 0) is 4.79 Å². The Labute approximate surface area is 82.2 Å². The van der Waals surface area contributed by atoms with Gasteiger partial charge in [0, 0.05) is 19.4 Å². The molecule has 0 aromatic heterocycles. The average molecular weight is 190 g/mol. The zero-order chi connectivity index (χ0) is 10.7. The van der Waals surface area contributed by atoms with Crippen molar-refractivity contribution in [3.05, 3.63) is 11.4 Å². The summed E-state index contributed by atoms with van der Waals surface area (Å²) >= 11 is 0. The van der Waals surface area contributed by atoms with E-state index in [1.807, 2.05) is 12.3 Å². The quantitative estimate of drug-likeness (QED) is 0.476. The van der Waals surface area contributed by atoms with Crippen LogP contribution >= 0.6 is 0 Å². The van der Waals surface area contributed by atoms with Crippen LogP contribution in [-0.4, -0.2) is 17.9 Å². The second-order valence-corrected chi connectivity index (χ2v) is 3.19. The Morgan fingerprint density at radius 3 is 2.71 bits per heavy atom. The molecule has 72 valence electrons. The first kappa shape index (κ1) is 10.1. The topological polar surface area (TPSA) is 79.9 Å². The molecule has 1 N–H and O–H groups in total. The van der Waals surface area contributed by atoms with Gasteiger partial charge in [0.1, 0.15) is 5.82 Å². The number of nitriles is 2. The molecule has 0 aromatic rings. The molecule has 1 amide bonds. The predicted molar refractivity (Wildman–Crippen MR) is 47.9 cm³/mol. The molecule has 1 aliphatic heterocycles. The fraction of sp³-hybridized carbons (Fsp3) is 0.444. The maximum absolute atomic E-state index is 11.2. The smallest absolute Gasteiger partial charge is 0.226 e. The highest BCUT2D eigenvalue weighted by atomic mass is 16.1. The molecule has 1 atom stereocenters. The van der Waals surface area contributed by atoms with Gasteiger partial charge < -0.3 is 5.32 Å². The van der Waals surface area contributed by atoms with Crippen LogP contribution in [0.3, 0.4) is 0 Å². The van der Waals surface area contributed by atoms with Gasteiger partial charge in [-0.15, -0.1) is 0 Å². The highest BCUT2D eigenvalue weighted by Gasteiger charge is 2.26. The highest BCUT2D eigenvalue weighted by Crippen LogP contribution is 2.22. The van der Waals surface area contributed by atoms with Crippen molar-refractivity contribution in [1.82, 2.24) is 10.2 Å². The summed E-state index contributed by atoms with van der Waals surface area (Å²) in [4.78, 5) is 12.4. The maximum atomic E-state index is 11.2. The van der Waals surface area contributed by atoms with Gasteiger partial charge >= 0.3 is 0 Å². The molecule has 0 fully saturated rings. The standard InChI is InChI=1S/C9H10N4O/c1-6-3-8(14)12-9(7(6)4-10)13(2)5-11/h6H,3H2,1-2H3,(H,12,14). The van der Waals surface area contributed by atoms with E-state index in [1.54, 1.807) is 6.92 Å². The fourth-order valence-electron chi connectivity index (χ4n) is 1.34. The molecular weight excluding hydrogens is 180 g/mol. The number of nitrogens with one attached hydrogen (secondary N) is 1. The SMILES string of the molecule is CC1CC(=O)NC(N(C)C#N)=C1C#N. The summed E-state index contributed by atoms with van der Waals surface area (Å²) in [5.74, 6) is 0.0203. The van der Waals surface area contributed by atoms with Gasteiger partial charge in [-0.2, -0.15) is 10.5 Å². The van der Waals surface area contributed by atoms with Crippen molar-refractivity contribution in [3.8, 4) is 12.3 Å². The van der Waals surface area contributed by atoms with Crippen molar-refractivity contribution in [3.63, 3.8) is 0 Å². The van der Waals surface area contributed by atoms with E-state index in [2.05, 4.69) is 5.32 Å². The average Bonchev–Trinajstić information content (AvgIpc) is 2.15. The summed E-state index contributed by atoms with van der Waals surface area (Å²) in [7, 11) is 1.50. The summed E-state index contributed by atoms with van der Waals surface area (Å²) in [6, 6.07) is 2.01. The molecule has 14 heavy (non-hydrogen) atoms. The normalized spacial score (nSPS) is 20.9. The first-order chi connectivity index (χ1) is 6.60. The van der Waals surface area contributed by atoms with E-state index < -0.39 is 0 Å². The number of amides is 1. The number of nitrogens with zero attached hydrogens (tertiary/aromatic N) is 3. The van der Waals surface area contributed by atoms with Gasteiger partial charge in [-0.25, -0.2) is 0 Å². The number of carbonyl (C=O) groups is 1. The van der Waals surface area contributed by atoms with E-state index in [4.69, 9.17) is 10.5 Å². The molecule has 1 rings (SSSR count). The third kappa shape index (κ3) is 1.67. The van der Waals surface area contributed by atoms with Crippen molar-refractivity contribution < 1.29 is 4.79 Å². The molecule has 0 saturated carbocycles. The van der Waals surface area contributed by atoms with E-state index in [1.165, 1.54) is 11.9 Å². The van der Waals surface area contributed by atoms with Gasteiger partial charge in [-0.3, -0.25) is 9.69 Å². The van der Waals surface area contributed by atoms with E-state index in [-0.39, 0.29) is 11.8 Å². The first-order valence-electron chi connectivity index (χ1n) is 4.17. The van der Waals surface area contributed by atoms with Crippen LogP contribution < -0.4 is 5.32 Å². The second kappa shape index (κ2) is 3.80. The molecule has 0 aliphatic carbocycles. The first-order valence-corrected chi connectivity index (χ1v) is 4.17. The number of hydrogen-bond donors (Lipinski definition) is 1. The van der Waals surface area contributed by atoms with Crippen LogP contribution in [0.4, 0.5) is 0 Å². The van der Waals surface area contributed by atoms with E-state index in [0.29, 0.717) is 17.8 Å². The lowest BCUT2D eigenvalue weighted by atomic mass is 9.95. The zero-order valence-electron chi connectivity index (χ0n) is 8.03. The molecule has 1 heterocycles. The third-order valence-corrected chi connectivity index (χ3v) is 2.10. The second-order valence-electron chi connectivity index (χ2n) is 3.19. The van der Waals surface area contributed by atoms with E-state index >= 15 is 0 Å². The molecule has 5 heteroatoms. The third-order valence-electron chi connectivity index (χ3n) is 2.10. The lowest BCUT2D eigenvalue weighted by molar-refractivity contribution is -0.121. The van der Waals surface area contributed by atoms with Crippen LogP contribution in [0.1, 0.15) is 13.3 Å². The van der Waals surface area contributed by atoms with Gasteiger partial charge in [0.05, 0.1) is 11.6 Å². The minimum Gasteiger partial charge on any atom is -0.311 e. The largest absolute Gasteiger partial charge is 0.311 e. The van der Waals surface area contributed by atoms with E-state index in [0.717, 1.165) is 0 Å². The van der Waals surface area contributed by atoms with Gasteiger partial charge in [0.15, 0.2) is 6.19 Å². The highest BCUT2D eigenvalue weighted by molar-refractivity contribution is 5.80. The minimum atomic E-state index is -0.159. The van der Waals surface area contributed by atoms with Gasteiger partial charge in [0.25, 0.3) is 0 Å². The van der Waals surface area contributed by atoms with Crippen molar-refractivity contribution >= 4 is 5.91 Å². The molecule has 0 bridgehead atoms. The summed E-state index contributed by atoms with van der Waals surface area (Å²) in [6.45, 7) is 1.79. The Hall–Kier alpha value is -2.01. The maximum Gasteiger partial charge on any atom is 0.226 e. The van der Waals surface area contributed by atoms with Crippen molar-refractivity contribution in [2.75, 3.05) is 7.05 Å².